The number of nitriles is 1. The molecule has 0 amide bonds. The van der Waals surface area contributed by atoms with Crippen molar-refractivity contribution in [1.29, 1.82) is 5.26 Å². The average Bonchev–Trinajstić information content (AvgIpc) is 2.03. The molecule has 0 bridgehead atoms. The van der Waals surface area contributed by atoms with Crippen LogP contribution in [0.5, 0.6) is 5.75 Å². The Bertz CT molecular complexity index is 322. The highest BCUT2D eigenvalue weighted by molar-refractivity contribution is 14.1. The second-order valence-corrected chi connectivity index (χ2v) is 3.65. The second kappa shape index (κ2) is 3.97. The fraction of sp³-hybridized carbons (Fsp3) is 0.125. The van der Waals surface area contributed by atoms with E-state index in [0.29, 0.717) is 16.3 Å². The van der Waals surface area contributed by atoms with Gasteiger partial charge in [-0.15, -0.1) is 0 Å². The lowest BCUT2D eigenvalue weighted by Crippen LogP contribution is -1.89. The summed E-state index contributed by atoms with van der Waals surface area (Å²) in [5.41, 5.74) is 0.546. The zero-order valence-corrected chi connectivity index (χ0v) is 9.18. The summed E-state index contributed by atoms with van der Waals surface area (Å²) in [7, 11) is 1.55. The van der Waals surface area contributed by atoms with Crippen LogP contribution in [0.3, 0.4) is 0 Å². The van der Waals surface area contributed by atoms with E-state index in [1.165, 1.54) is 0 Å². The Hall–Kier alpha value is -0.470. The quantitative estimate of drug-likeness (QED) is 0.746. The van der Waals surface area contributed by atoms with Gasteiger partial charge in [0.25, 0.3) is 0 Å². The molecule has 0 aliphatic carbocycles. The lowest BCUT2D eigenvalue weighted by atomic mass is 10.2. The Morgan fingerprint density at radius 3 is 2.67 bits per heavy atom. The standard InChI is InChI=1S/C8H5ClINO/c1-12-8-6(9)2-5(4-11)3-7(8)10/h2-3H,1H3. The molecule has 62 valence electrons. The molecule has 0 saturated heterocycles. The zero-order chi connectivity index (χ0) is 9.14. The SMILES string of the molecule is COc1c(Cl)cc(C#N)cc1I. The van der Waals surface area contributed by atoms with Gasteiger partial charge in [0.2, 0.25) is 0 Å². The molecular formula is C8H5ClINO. The lowest BCUT2D eigenvalue weighted by Gasteiger charge is -2.04. The molecule has 2 nitrogen and oxygen atoms in total. The first-order valence-corrected chi connectivity index (χ1v) is 4.58. The first-order valence-electron chi connectivity index (χ1n) is 3.12. The summed E-state index contributed by atoms with van der Waals surface area (Å²) >= 11 is 7.91. The predicted molar refractivity (Wildman–Crippen MR) is 55.4 cm³/mol. The van der Waals surface area contributed by atoms with Crippen molar-refractivity contribution in [3.8, 4) is 11.8 Å². The Balaban J connectivity index is 3.30. The fourth-order valence-electron chi connectivity index (χ4n) is 0.819. The Morgan fingerprint density at radius 1 is 1.58 bits per heavy atom. The van der Waals surface area contributed by atoms with Gasteiger partial charge in [-0.2, -0.15) is 5.26 Å². The monoisotopic (exact) mass is 293 g/mol. The van der Waals surface area contributed by atoms with Crippen LogP contribution in [-0.4, -0.2) is 7.11 Å². The number of methoxy groups -OCH3 is 1. The number of benzene rings is 1. The molecule has 1 aromatic carbocycles. The number of nitrogens with zero attached hydrogens (tertiary/aromatic N) is 1. The first-order chi connectivity index (χ1) is 5.69. The molecule has 4 heteroatoms. The maximum Gasteiger partial charge on any atom is 0.150 e. The number of halogens is 2. The van der Waals surface area contributed by atoms with Gasteiger partial charge in [-0.3, -0.25) is 0 Å². The Labute approximate surface area is 89.2 Å². The van der Waals surface area contributed by atoms with Gasteiger partial charge in [-0.25, -0.2) is 0 Å². The normalized spacial score (nSPS) is 9.17. The van der Waals surface area contributed by atoms with Gasteiger partial charge in [-0.05, 0) is 34.7 Å². The van der Waals surface area contributed by atoms with Gasteiger partial charge in [0, 0.05) is 0 Å². The lowest BCUT2D eigenvalue weighted by molar-refractivity contribution is 0.412. The summed E-state index contributed by atoms with van der Waals surface area (Å²) in [6.45, 7) is 0. The van der Waals surface area contributed by atoms with E-state index in [1.807, 2.05) is 6.07 Å². The first kappa shape index (κ1) is 9.62. The molecule has 0 radical (unpaired) electrons. The third-order valence-corrected chi connectivity index (χ3v) is 2.41. The minimum atomic E-state index is 0.473. The van der Waals surface area contributed by atoms with Crippen LogP contribution in [0.4, 0.5) is 0 Å². The molecule has 0 unspecified atom stereocenters. The molecule has 0 aliphatic rings. The average molecular weight is 293 g/mol. The second-order valence-electron chi connectivity index (χ2n) is 2.08. The summed E-state index contributed by atoms with van der Waals surface area (Å²) in [6, 6.07) is 5.33. The molecule has 0 heterocycles. The molecule has 0 atom stereocenters. The van der Waals surface area contributed by atoms with E-state index < -0.39 is 0 Å². The van der Waals surface area contributed by atoms with Gasteiger partial charge < -0.3 is 4.74 Å². The van der Waals surface area contributed by atoms with Gasteiger partial charge in [0.1, 0.15) is 0 Å². The number of hydrogen-bond acceptors (Lipinski definition) is 2. The number of ether oxygens (including phenoxy) is 1. The van der Waals surface area contributed by atoms with E-state index in [4.69, 9.17) is 21.6 Å². The Morgan fingerprint density at radius 2 is 2.25 bits per heavy atom. The highest BCUT2D eigenvalue weighted by Crippen LogP contribution is 2.30. The van der Waals surface area contributed by atoms with Gasteiger partial charge in [0.05, 0.1) is 27.3 Å². The van der Waals surface area contributed by atoms with E-state index in [1.54, 1.807) is 19.2 Å². The van der Waals surface area contributed by atoms with Crippen LogP contribution in [0.25, 0.3) is 0 Å². The number of rotatable bonds is 1. The van der Waals surface area contributed by atoms with Crippen molar-refractivity contribution in [1.82, 2.24) is 0 Å². The molecule has 0 fully saturated rings. The van der Waals surface area contributed by atoms with Crippen molar-refractivity contribution >= 4 is 34.2 Å². The highest BCUT2D eigenvalue weighted by Gasteiger charge is 2.06. The number of hydrogen-bond donors (Lipinski definition) is 0. The van der Waals surface area contributed by atoms with Gasteiger partial charge in [-0.1, -0.05) is 11.6 Å². The van der Waals surface area contributed by atoms with Crippen molar-refractivity contribution in [2.45, 2.75) is 0 Å². The van der Waals surface area contributed by atoms with Crippen LogP contribution in [0, 0.1) is 14.9 Å². The van der Waals surface area contributed by atoms with Crippen molar-refractivity contribution in [3.05, 3.63) is 26.3 Å². The summed E-state index contributed by atoms with van der Waals surface area (Å²) in [5.74, 6) is 0.622. The predicted octanol–water partition coefficient (Wildman–Crippen LogP) is 2.82. The van der Waals surface area contributed by atoms with Crippen LogP contribution in [-0.2, 0) is 0 Å². The van der Waals surface area contributed by atoms with Crippen molar-refractivity contribution in [2.24, 2.45) is 0 Å². The van der Waals surface area contributed by atoms with Crippen LogP contribution < -0.4 is 4.74 Å². The van der Waals surface area contributed by atoms with Crippen molar-refractivity contribution in [3.63, 3.8) is 0 Å². The van der Waals surface area contributed by atoms with Crippen LogP contribution in [0.1, 0.15) is 5.56 Å². The highest BCUT2D eigenvalue weighted by atomic mass is 127. The molecule has 0 N–H and O–H groups in total. The maximum atomic E-state index is 8.60. The van der Waals surface area contributed by atoms with Crippen molar-refractivity contribution in [2.75, 3.05) is 7.11 Å². The van der Waals surface area contributed by atoms with Crippen LogP contribution >= 0.6 is 34.2 Å². The largest absolute Gasteiger partial charge is 0.494 e. The molecule has 12 heavy (non-hydrogen) atoms. The Kier molecular flexibility index (Phi) is 3.18. The molecule has 1 aromatic rings. The van der Waals surface area contributed by atoms with Gasteiger partial charge in [0.15, 0.2) is 5.75 Å². The smallest absolute Gasteiger partial charge is 0.150 e. The molecular weight excluding hydrogens is 288 g/mol. The van der Waals surface area contributed by atoms with Crippen LogP contribution in [0.2, 0.25) is 5.02 Å². The van der Waals surface area contributed by atoms with E-state index in [-0.39, 0.29) is 0 Å². The minimum absolute atomic E-state index is 0.473. The molecule has 0 spiro atoms. The maximum absolute atomic E-state index is 8.60. The van der Waals surface area contributed by atoms with Gasteiger partial charge >= 0.3 is 0 Å². The molecule has 0 aromatic heterocycles. The van der Waals surface area contributed by atoms with Crippen LogP contribution in [0.15, 0.2) is 12.1 Å². The molecule has 0 aliphatic heterocycles. The summed E-state index contributed by atoms with van der Waals surface area (Å²) in [6.07, 6.45) is 0. The summed E-state index contributed by atoms with van der Waals surface area (Å²) < 4.78 is 5.87. The molecule has 1 rings (SSSR count). The summed E-state index contributed by atoms with van der Waals surface area (Å²) in [4.78, 5) is 0. The zero-order valence-electron chi connectivity index (χ0n) is 6.27. The van der Waals surface area contributed by atoms with E-state index in [0.717, 1.165) is 3.57 Å². The minimum Gasteiger partial charge on any atom is -0.494 e. The third-order valence-electron chi connectivity index (χ3n) is 1.33. The van der Waals surface area contributed by atoms with E-state index in [9.17, 15) is 0 Å². The molecule has 0 saturated carbocycles. The summed E-state index contributed by atoms with van der Waals surface area (Å²) in [5, 5.41) is 9.07. The fourth-order valence-corrected chi connectivity index (χ4v) is 2.12. The van der Waals surface area contributed by atoms with Crippen molar-refractivity contribution < 1.29 is 4.74 Å². The van der Waals surface area contributed by atoms with E-state index >= 15 is 0 Å². The topological polar surface area (TPSA) is 33.0 Å². The van der Waals surface area contributed by atoms with E-state index in [2.05, 4.69) is 22.6 Å². The third kappa shape index (κ3) is 1.82.